The van der Waals surface area contributed by atoms with Gasteiger partial charge in [0.25, 0.3) is 11.8 Å². The van der Waals surface area contributed by atoms with Crippen LogP contribution in [0.15, 0.2) is 39.9 Å². The van der Waals surface area contributed by atoms with Crippen LogP contribution in [-0.2, 0) is 4.79 Å². The summed E-state index contributed by atoms with van der Waals surface area (Å²) in [5.74, 6) is -0.934. The lowest BCUT2D eigenvalue weighted by Gasteiger charge is -2.20. The minimum Gasteiger partial charge on any atom is -0.503 e. The number of nitrogens with zero attached hydrogens (tertiary/aromatic N) is 1. The summed E-state index contributed by atoms with van der Waals surface area (Å²) in [6, 6.07) is 6.86. The van der Waals surface area contributed by atoms with E-state index >= 15 is 0 Å². The zero-order chi connectivity index (χ0) is 23.1. The average molecular weight is 531 g/mol. The van der Waals surface area contributed by atoms with E-state index in [2.05, 4.69) is 31.8 Å². The van der Waals surface area contributed by atoms with E-state index < -0.39 is 17.9 Å². The lowest BCUT2D eigenvalue weighted by Crippen LogP contribution is -2.48. The van der Waals surface area contributed by atoms with Gasteiger partial charge in [-0.15, -0.1) is 0 Å². The van der Waals surface area contributed by atoms with Crippen molar-refractivity contribution in [3.63, 3.8) is 0 Å². The van der Waals surface area contributed by atoms with Crippen molar-refractivity contribution in [3.8, 4) is 11.5 Å². The lowest BCUT2D eigenvalue weighted by atomic mass is 10.0. The first-order chi connectivity index (χ1) is 14.6. The van der Waals surface area contributed by atoms with Crippen molar-refractivity contribution in [1.29, 1.82) is 0 Å². The molecule has 2 aromatic carbocycles. The molecule has 2 amide bonds. The maximum atomic E-state index is 12.6. The Hall–Kier alpha value is -2.29. The van der Waals surface area contributed by atoms with E-state index in [1.54, 1.807) is 39.0 Å². The third kappa shape index (κ3) is 6.85. The fraction of sp³-hybridized carbons (Fsp3) is 0.286. The third-order valence-corrected chi connectivity index (χ3v) is 5.30. The Balaban J connectivity index is 2.10. The molecule has 166 valence electrons. The Labute approximate surface area is 198 Å². The highest BCUT2D eigenvalue weighted by Gasteiger charge is 2.25. The number of halogens is 3. The van der Waals surface area contributed by atoms with Gasteiger partial charge >= 0.3 is 0 Å². The van der Waals surface area contributed by atoms with Gasteiger partial charge in [0.1, 0.15) is 6.04 Å². The number of ether oxygens (including phenoxy) is 1. The lowest BCUT2D eigenvalue weighted by molar-refractivity contribution is -0.123. The van der Waals surface area contributed by atoms with Crippen molar-refractivity contribution in [3.05, 3.63) is 56.0 Å². The number of benzene rings is 2. The summed E-state index contributed by atoms with van der Waals surface area (Å²) in [6.45, 7) is 5.77. The van der Waals surface area contributed by atoms with Gasteiger partial charge in [-0.05, 0) is 64.7 Å². The molecule has 0 fully saturated rings. The molecule has 0 radical (unpaired) electrons. The van der Waals surface area contributed by atoms with Crippen LogP contribution in [0.3, 0.4) is 0 Å². The van der Waals surface area contributed by atoms with Crippen LogP contribution in [0.1, 0.15) is 36.7 Å². The fourth-order valence-corrected chi connectivity index (χ4v) is 3.56. The first kappa shape index (κ1) is 25.0. The van der Waals surface area contributed by atoms with E-state index in [0.717, 1.165) is 0 Å². The van der Waals surface area contributed by atoms with Gasteiger partial charge in [-0.25, -0.2) is 5.43 Å². The molecule has 0 aliphatic heterocycles. The number of carbonyl (C=O) groups excluding carboxylic acids is 2. The molecule has 7 nitrogen and oxygen atoms in total. The number of hydrogen-bond donors (Lipinski definition) is 3. The number of hydrogen-bond acceptors (Lipinski definition) is 5. The van der Waals surface area contributed by atoms with Gasteiger partial charge in [-0.2, -0.15) is 5.10 Å². The average Bonchev–Trinajstić information content (AvgIpc) is 2.69. The predicted octanol–water partition coefficient (Wildman–Crippen LogP) is 4.76. The summed E-state index contributed by atoms with van der Waals surface area (Å²) in [5, 5.41) is 17.2. The highest BCUT2D eigenvalue weighted by atomic mass is 79.9. The van der Waals surface area contributed by atoms with E-state index in [0.29, 0.717) is 21.7 Å². The van der Waals surface area contributed by atoms with Gasteiger partial charge in [0.2, 0.25) is 0 Å². The number of carbonyl (C=O) groups is 2. The van der Waals surface area contributed by atoms with Crippen molar-refractivity contribution in [2.45, 2.75) is 26.8 Å². The molecule has 3 N–H and O–H groups in total. The maximum Gasteiger partial charge on any atom is 0.262 e. The van der Waals surface area contributed by atoms with Crippen molar-refractivity contribution >= 4 is 57.2 Å². The van der Waals surface area contributed by atoms with Crippen LogP contribution in [0.5, 0.6) is 11.5 Å². The number of phenolic OH excluding ortho intramolecular Hbond substituents is 1. The van der Waals surface area contributed by atoms with Gasteiger partial charge < -0.3 is 15.2 Å². The molecule has 31 heavy (non-hydrogen) atoms. The highest BCUT2D eigenvalue weighted by molar-refractivity contribution is 9.10. The molecule has 0 saturated carbocycles. The molecule has 0 aromatic heterocycles. The quantitative estimate of drug-likeness (QED) is 0.338. The van der Waals surface area contributed by atoms with Crippen LogP contribution < -0.4 is 15.5 Å². The van der Waals surface area contributed by atoms with E-state index in [4.69, 9.17) is 27.9 Å². The molecule has 0 bridgehead atoms. The van der Waals surface area contributed by atoms with Gasteiger partial charge in [-0.1, -0.05) is 37.0 Å². The van der Waals surface area contributed by atoms with Crippen molar-refractivity contribution in [1.82, 2.24) is 10.7 Å². The number of rotatable bonds is 8. The fourth-order valence-electron chi connectivity index (χ4n) is 2.60. The Morgan fingerprint density at radius 2 is 1.97 bits per heavy atom. The summed E-state index contributed by atoms with van der Waals surface area (Å²) in [4.78, 5) is 25.2. The molecule has 1 unspecified atom stereocenters. The van der Waals surface area contributed by atoms with Gasteiger partial charge in [0.15, 0.2) is 11.5 Å². The second-order valence-electron chi connectivity index (χ2n) is 6.84. The number of nitrogens with one attached hydrogen (secondary N) is 2. The molecule has 0 aliphatic rings. The van der Waals surface area contributed by atoms with Crippen molar-refractivity contribution in [2.24, 2.45) is 11.0 Å². The largest absolute Gasteiger partial charge is 0.503 e. The predicted molar refractivity (Wildman–Crippen MR) is 125 cm³/mol. The number of amides is 2. The Bertz CT molecular complexity index is 999. The van der Waals surface area contributed by atoms with Crippen LogP contribution >= 0.6 is 39.1 Å². The Kier molecular flexibility index (Phi) is 9.15. The van der Waals surface area contributed by atoms with Crippen LogP contribution in [0.2, 0.25) is 10.0 Å². The van der Waals surface area contributed by atoms with Crippen molar-refractivity contribution in [2.75, 3.05) is 6.61 Å². The van der Waals surface area contributed by atoms with Crippen molar-refractivity contribution < 1.29 is 19.4 Å². The molecule has 2 aromatic rings. The first-order valence-electron chi connectivity index (χ1n) is 9.38. The SMILES string of the molecule is CCOc1cc(/C=N/NC(=O)C(NC(=O)c2ccc(Cl)cc2Cl)C(C)C)cc(Br)c1O. The first-order valence-corrected chi connectivity index (χ1v) is 10.9. The summed E-state index contributed by atoms with van der Waals surface area (Å²) < 4.78 is 5.79. The minimum absolute atomic E-state index is 0.0218. The standard InChI is InChI=1S/C21H22BrCl2N3O4/c1-4-31-17-8-12(7-15(22)19(17)28)10-25-27-21(30)18(11(2)3)26-20(29)14-6-5-13(23)9-16(14)24/h5-11,18,28H,4H2,1-3H3,(H,26,29)(H,27,30)/b25-10+. The van der Waals surface area contributed by atoms with E-state index in [-0.39, 0.29) is 28.0 Å². The molecule has 2 rings (SSSR count). The van der Waals surface area contributed by atoms with Crippen LogP contribution in [0.25, 0.3) is 0 Å². The smallest absolute Gasteiger partial charge is 0.262 e. The Morgan fingerprint density at radius 1 is 1.26 bits per heavy atom. The minimum atomic E-state index is -0.845. The van der Waals surface area contributed by atoms with E-state index in [1.165, 1.54) is 18.3 Å². The molecule has 10 heteroatoms. The summed E-state index contributed by atoms with van der Waals surface area (Å²) in [5.41, 5.74) is 3.22. The molecule has 0 aliphatic carbocycles. The number of hydrazone groups is 1. The summed E-state index contributed by atoms with van der Waals surface area (Å²) in [6.07, 6.45) is 1.40. The molecule has 1 atom stereocenters. The molecule has 0 heterocycles. The van der Waals surface area contributed by atoms with E-state index in [1.807, 2.05) is 0 Å². The zero-order valence-corrected chi connectivity index (χ0v) is 20.2. The van der Waals surface area contributed by atoms with Crippen LogP contribution in [0, 0.1) is 5.92 Å². The normalized spacial score (nSPS) is 12.1. The molecule has 0 saturated heterocycles. The van der Waals surface area contributed by atoms with Crippen LogP contribution in [-0.4, -0.2) is 35.8 Å². The molecular formula is C21H22BrCl2N3O4. The summed E-state index contributed by atoms with van der Waals surface area (Å²) in [7, 11) is 0. The molecule has 0 spiro atoms. The monoisotopic (exact) mass is 529 g/mol. The zero-order valence-electron chi connectivity index (χ0n) is 17.1. The van der Waals surface area contributed by atoms with Gasteiger partial charge in [-0.3, -0.25) is 9.59 Å². The maximum absolute atomic E-state index is 12.6. The summed E-state index contributed by atoms with van der Waals surface area (Å²) >= 11 is 15.2. The van der Waals surface area contributed by atoms with E-state index in [9.17, 15) is 14.7 Å². The topological polar surface area (TPSA) is 100 Å². The van der Waals surface area contributed by atoms with Crippen LogP contribution in [0.4, 0.5) is 0 Å². The second kappa shape index (κ2) is 11.4. The third-order valence-electron chi connectivity index (χ3n) is 4.15. The number of aromatic hydroxyl groups is 1. The number of phenols is 1. The second-order valence-corrected chi connectivity index (χ2v) is 8.53. The molecular weight excluding hydrogens is 509 g/mol. The van der Waals surface area contributed by atoms with Gasteiger partial charge in [0, 0.05) is 5.02 Å². The van der Waals surface area contributed by atoms with Gasteiger partial charge in [0.05, 0.1) is 27.9 Å². The Morgan fingerprint density at radius 3 is 2.58 bits per heavy atom. The highest BCUT2D eigenvalue weighted by Crippen LogP contribution is 2.35.